The molecule has 2 rings (SSSR count). The zero-order valence-electron chi connectivity index (χ0n) is 7.88. The van der Waals surface area contributed by atoms with Crippen molar-refractivity contribution in [2.45, 2.75) is 31.4 Å². The highest BCUT2D eigenvalue weighted by atomic mass is 16.5. The number of hydrogen-bond donors (Lipinski definition) is 1. The average Bonchev–Trinajstić information content (AvgIpc) is 2.61. The molecule has 1 fully saturated rings. The monoisotopic (exact) mass is 181 g/mol. The van der Waals surface area contributed by atoms with Crippen LogP contribution in [0.1, 0.15) is 24.4 Å². The first-order chi connectivity index (χ1) is 6.22. The summed E-state index contributed by atoms with van der Waals surface area (Å²) in [7, 11) is 1.66. The van der Waals surface area contributed by atoms with E-state index in [9.17, 15) is 0 Å². The summed E-state index contributed by atoms with van der Waals surface area (Å²) in [5.41, 5.74) is 6.00. The topological polar surface area (TPSA) is 48.4 Å². The summed E-state index contributed by atoms with van der Waals surface area (Å²) in [6, 6.07) is 3.94. The van der Waals surface area contributed by atoms with Crippen molar-refractivity contribution in [1.82, 2.24) is 0 Å². The molecule has 72 valence electrons. The lowest BCUT2D eigenvalue weighted by Crippen LogP contribution is -2.24. The molecule has 0 atom stereocenters. The van der Waals surface area contributed by atoms with Gasteiger partial charge in [0.25, 0.3) is 0 Å². The minimum absolute atomic E-state index is 0.0300. The Balaban J connectivity index is 1.97. The Bertz CT molecular complexity index is 289. The summed E-state index contributed by atoms with van der Waals surface area (Å²) < 4.78 is 10.5. The van der Waals surface area contributed by atoms with Crippen LogP contribution in [0.5, 0.6) is 0 Å². The maximum Gasteiger partial charge on any atom is 0.129 e. The van der Waals surface area contributed by atoms with E-state index < -0.39 is 0 Å². The Hall–Kier alpha value is -0.800. The third-order valence-electron chi connectivity index (χ3n) is 2.42. The van der Waals surface area contributed by atoms with E-state index in [1.54, 1.807) is 7.11 Å². The average molecular weight is 181 g/mol. The Morgan fingerprint density at radius 2 is 2.15 bits per heavy atom. The number of ether oxygens (including phenoxy) is 1. The van der Waals surface area contributed by atoms with Crippen molar-refractivity contribution in [3.8, 4) is 0 Å². The van der Waals surface area contributed by atoms with Crippen LogP contribution in [0, 0.1) is 0 Å². The summed E-state index contributed by atoms with van der Waals surface area (Å²) in [4.78, 5) is 0. The minimum atomic E-state index is 0.0300. The van der Waals surface area contributed by atoms with Gasteiger partial charge in [0.05, 0.1) is 0 Å². The molecule has 1 aromatic rings. The van der Waals surface area contributed by atoms with Crippen molar-refractivity contribution in [2.24, 2.45) is 5.73 Å². The van der Waals surface area contributed by atoms with Crippen LogP contribution in [0.4, 0.5) is 0 Å². The summed E-state index contributed by atoms with van der Waals surface area (Å²) in [6.45, 7) is 0.539. The van der Waals surface area contributed by atoms with Gasteiger partial charge in [-0.2, -0.15) is 0 Å². The summed E-state index contributed by atoms with van der Waals surface area (Å²) in [5, 5.41) is 0. The molecular formula is C10H15NO2. The van der Waals surface area contributed by atoms with Crippen molar-refractivity contribution in [3.63, 3.8) is 0 Å². The van der Waals surface area contributed by atoms with Crippen molar-refractivity contribution >= 4 is 0 Å². The van der Waals surface area contributed by atoms with Crippen LogP contribution in [-0.4, -0.2) is 12.6 Å². The molecule has 0 radical (unpaired) electrons. The molecule has 1 heterocycles. The fourth-order valence-corrected chi connectivity index (χ4v) is 1.42. The second-order valence-electron chi connectivity index (χ2n) is 3.84. The molecule has 0 amide bonds. The number of nitrogens with two attached hydrogens (primary N) is 1. The molecule has 1 aromatic heterocycles. The van der Waals surface area contributed by atoms with Gasteiger partial charge >= 0.3 is 0 Å². The van der Waals surface area contributed by atoms with Gasteiger partial charge in [0.1, 0.15) is 18.1 Å². The van der Waals surface area contributed by atoms with Crippen LogP contribution in [0.2, 0.25) is 0 Å². The lowest BCUT2D eigenvalue weighted by atomic mass is 10.1. The summed E-state index contributed by atoms with van der Waals surface area (Å²) in [6.07, 6.45) is 3.09. The highest BCUT2D eigenvalue weighted by molar-refractivity contribution is 5.13. The van der Waals surface area contributed by atoms with E-state index in [0.717, 1.165) is 30.8 Å². The van der Waals surface area contributed by atoms with Gasteiger partial charge in [-0.3, -0.25) is 0 Å². The molecule has 0 saturated heterocycles. The van der Waals surface area contributed by atoms with Crippen LogP contribution in [0.25, 0.3) is 0 Å². The standard InChI is InChI=1S/C10H15NO2/c1-12-7-9-3-2-8(13-9)6-10(11)4-5-10/h2-3H,4-7,11H2,1H3. The van der Waals surface area contributed by atoms with E-state index in [2.05, 4.69) is 0 Å². The molecule has 13 heavy (non-hydrogen) atoms. The zero-order chi connectivity index (χ0) is 9.31. The highest BCUT2D eigenvalue weighted by Crippen LogP contribution is 2.35. The molecular weight excluding hydrogens is 166 g/mol. The molecule has 1 aliphatic carbocycles. The van der Waals surface area contributed by atoms with Crippen LogP contribution in [0.3, 0.4) is 0 Å². The van der Waals surface area contributed by atoms with Crippen molar-refractivity contribution in [3.05, 3.63) is 23.7 Å². The van der Waals surface area contributed by atoms with Gasteiger partial charge in [0.15, 0.2) is 0 Å². The Morgan fingerprint density at radius 1 is 1.46 bits per heavy atom. The number of rotatable bonds is 4. The number of hydrogen-bond acceptors (Lipinski definition) is 3. The van der Waals surface area contributed by atoms with Gasteiger partial charge in [0.2, 0.25) is 0 Å². The van der Waals surface area contributed by atoms with Crippen LogP contribution in [-0.2, 0) is 17.8 Å². The molecule has 0 aromatic carbocycles. The number of methoxy groups -OCH3 is 1. The smallest absolute Gasteiger partial charge is 0.129 e. The van der Waals surface area contributed by atoms with E-state index >= 15 is 0 Å². The Morgan fingerprint density at radius 3 is 2.77 bits per heavy atom. The fraction of sp³-hybridized carbons (Fsp3) is 0.600. The molecule has 0 aliphatic heterocycles. The fourth-order valence-electron chi connectivity index (χ4n) is 1.42. The van der Waals surface area contributed by atoms with Gasteiger partial charge in [-0.25, -0.2) is 0 Å². The quantitative estimate of drug-likeness (QED) is 0.765. The molecule has 3 heteroatoms. The lowest BCUT2D eigenvalue weighted by Gasteiger charge is -2.04. The number of furan rings is 1. The van der Waals surface area contributed by atoms with Gasteiger partial charge < -0.3 is 14.9 Å². The van der Waals surface area contributed by atoms with Gasteiger partial charge in [0, 0.05) is 19.1 Å². The maximum absolute atomic E-state index is 5.97. The molecule has 0 unspecified atom stereocenters. The largest absolute Gasteiger partial charge is 0.464 e. The third-order valence-corrected chi connectivity index (χ3v) is 2.42. The van der Waals surface area contributed by atoms with E-state index in [-0.39, 0.29) is 5.54 Å². The van der Waals surface area contributed by atoms with Crippen molar-refractivity contribution < 1.29 is 9.15 Å². The van der Waals surface area contributed by atoms with E-state index in [1.165, 1.54) is 0 Å². The van der Waals surface area contributed by atoms with Gasteiger partial charge in [-0.05, 0) is 25.0 Å². The summed E-state index contributed by atoms with van der Waals surface area (Å²) >= 11 is 0. The molecule has 1 aliphatic rings. The molecule has 2 N–H and O–H groups in total. The van der Waals surface area contributed by atoms with Crippen LogP contribution >= 0.6 is 0 Å². The molecule has 1 saturated carbocycles. The minimum Gasteiger partial charge on any atom is -0.464 e. The Kier molecular flexibility index (Phi) is 2.14. The van der Waals surface area contributed by atoms with Crippen LogP contribution in [0.15, 0.2) is 16.5 Å². The highest BCUT2D eigenvalue weighted by Gasteiger charge is 2.38. The molecule has 0 spiro atoms. The Labute approximate surface area is 77.9 Å². The first-order valence-corrected chi connectivity index (χ1v) is 4.57. The normalized spacial score (nSPS) is 18.9. The first-order valence-electron chi connectivity index (χ1n) is 4.57. The van der Waals surface area contributed by atoms with Crippen LogP contribution < -0.4 is 5.73 Å². The second-order valence-corrected chi connectivity index (χ2v) is 3.84. The first kappa shape index (κ1) is 8.78. The molecule has 0 bridgehead atoms. The predicted molar refractivity (Wildman–Crippen MR) is 49.3 cm³/mol. The summed E-state index contributed by atoms with van der Waals surface area (Å²) in [5.74, 6) is 1.86. The van der Waals surface area contributed by atoms with Crippen molar-refractivity contribution in [2.75, 3.05) is 7.11 Å². The molecule has 3 nitrogen and oxygen atoms in total. The van der Waals surface area contributed by atoms with Gasteiger partial charge in [-0.15, -0.1) is 0 Å². The van der Waals surface area contributed by atoms with Crippen molar-refractivity contribution in [1.29, 1.82) is 0 Å². The second kappa shape index (κ2) is 3.16. The zero-order valence-corrected chi connectivity index (χ0v) is 7.88. The lowest BCUT2D eigenvalue weighted by molar-refractivity contribution is 0.162. The SMILES string of the molecule is COCc1ccc(CC2(N)CC2)o1. The predicted octanol–water partition coefficient (Wildman–Crippen LogP) is 1.46. The maximum atomic E-state index is 5.97. The third kappa shape index (κ3) is 2.11. The van der Waals surface area contributed by atoms with E-state index in [0.29, 0.717) is 6.61 Å². The van der Waals surface area contributed by atoms with E-state index in [4.69, 9.17) is 14.9 Å². The van der Waals surface area contributed by atoms with Gasteiger partial charge in [-0.1, -0.05) is 0 Å². The van der Waals surface area contributed by atoms with E-state index in [1.807, 2.05) is 12.1 Å².